The number of benzene rings is 2. The second kappa shape index (κ2) is 7.09. The molecule has 3 aromatic rings. The second-order valence-corrected chi connectivity index (χ2v) is 9.67. The molecule has 1 unspecified atom stereocenters. The normalized spacial score (nSPS) is 18.0. The van der Waals surface area contributed by atoms with Crippen LogP contribution in [0.3, 0.4) is 0 Å². The smallest absolute Gasteiger partial charge is 0.281 e. The summed E-state index contributed by atoms with van der Waals surface area (Å²) in [6.45, 7) is 4.58. The Kier molecular flexibility index (Phi) is 4.65. The van der Waals surface area contributed by atoms with Crippen LogP contribution in [0.2, 0.25) is 0 Å². The van der Waals surface area contributed by atoms with Gasteiger partial charge in [-0.1, -0.05) is 57.7 Å². The molecule has 2 aliphatic rings. The SMILES string of the molecule is CCCC(C)c1ccc2c(c1)C1(CCCCC1)c1nc(=O)c3c(Br)cccc3n1-2. The lowest BCUT2D eigenvalue weighted by Gasteiger charge is -2.34. The van der Waals surface area contributed by atoms with Gasteiger partial charge in [-0.15, -0.1) is 0 Å². The molecule has 1 aromatic heterocycles. The summed E-state index contributed by atoms with van der Waals surface area (Å²) in [5, 5.41) is 0.679. The zero-order valence-electron chi connectivity index (χ0n) is 17.2. The number of halogens is 1. The molecule has 4 heteroatoms. The van der Waals surface area contributed by atoms with Crippen LogP contribution in [0.5, 0.6) is 0 Å². The fraction of sp³-hybridized carbons (Fsp3) is 0.440. The molecule has 29 heavy (non-hydrogen) atoms. The van der Waals surface area contributed by atoms with E-state index >= 15 is 0 Å². The Morgan fingerprint density at radius 3 is 2.72 bits per heavy atom. The minimum absolute atomic E-state index is 0.115. The summed E-state index contributed by atoms with van der Waals surface area (Å²) in [6.07, 6.45) is 8.21. The zero-order valence-corrected chi connectivity index (χ0v) is 18.8. The van der Waals surface area contributed by atoms with Gasteiger partial charge in [-0.25, -0.2) is 0 Å². The molecule has 2 heterocycles. The van der Waals surface area contributed by atoms with Crippen molar-refractivity contribution in [1.29, 1.82) is 0 Å². The minimum Gasteiger partial charge on any atom is -0.296 e. The van der Waals surface area contributed by atoms with Crippen molar-refractivity contribution in [1.82, 2.24) is 9.55 Å². The maximum Gasteiger partial charge on any atom is 0.281 e. The lowest BCUT2D eigenvalue weighted by Crippen LogP contribution is -2.32. The van der Waals surface area contributed by atoms with Crippen LogP contribution in [0.25, 0.3) is 16.6 Å². The molecule has 5 rings (SSSR count). The summed E-state index contributed by atoms with van der Waals surface area (Å²) in [5.41, 5.74) is 4.74. The number of fused-ring (bicyclic) bond motifs is 7. The van der Waals surface area contributed by atoms with Gasteiger partial charge < -0.3 is 0 Å². The quantitative estimate of drug-likeness (QED) is 0.449. The standard InChI is InChI=1S/C25H27BrN2O/c1-3-8-16(2)17-11-12-20-18(15-17)25(13-5-4-6-14-25)24-27-23(29)22-19(26)9-7-10-21(22)28(20)24/h7,9-12,15-16H,3-6,8,13-14H2,1-2H3. The Morgan fingerprint density at radius 2 is 1.97 bits per heavy atom. The van der Waals surface area contributed by atoms with Gasteiger partial charge in [-0.3, -0.25) is 9.36 Å². The lowest BCUT2D eigenvalue weighted by molar-refractivity contribution is 0.338. The molecule has 1 atom stereocenters. The van der Waals surface area contributed by atoms with Gasteiger partial charge in [-0.2, -0.15) is 4.98 Å². The van der Waals surface area contributed by atoms with E-state index < -0.39 is 0 Å². The maximum atomic E-state index is 13.0. The highest BCUT2D eigenvalue weighted by atomic mass is 79.9. The summed E-state index contributed by atoms with van der Waals surface area (Å²) in [5.74, 6) is 1.51. The van der Waals surface area contributed by atoms with E-state index in [0.717, 1.165) is 28.7 Å². The van der Waals surface area contributed by atoms with E-state index in [1.54, 1.807) is 0 Å². The molecule has 2 aromatic carbocycles. The van der Waals surface area contributed by atoms with Crippen molar-refractivity contribution >= 4 is 26.8 Å². The largest absolute Gasteiger partial charge is 0.296 e. The van der Waals surface area contributed by atoms with Gasteiger partial charge in [0.25, 0.3) is 5.56 Å². The molecule has 1 fully saturated rings. The van der Waals surface area contributed by atoms with E-state index in [1.807, 2.05) is 12.1 Å². The first-order valence-corrected chi connectivity index (χ1v) is 11.7. The zero-order chi connectivity index (χ0) is 20.2. The average Bonchev–Trinajstić information content (AvgIpc) is 2.98. The summed E-state index contributed by atoms with van der Waals surface area (Å²) >= 11 is 3.58. The Labute approximate surface area is 180 Å². The summed E-state index contributed by atoms with van der Waals surface area (Å²) in [4.78, 5) is 17.8. The van der Waals surface area contributed by atoms with Gasteiger partial charge in [0, 0.05) is 4.47 Å². The predicted octanol–water partition coefficient (Wildman–Crippen LogP) is 6.62. The van der Waals surface area contributed by atoms with Crippen LogP contribution in [0.15, 0.2) is 45.7 Å². The minimum atomic E-state index is -0.120. The van der Waals surface area contributed by atoms with Crippen molar-refractivity contribution in [3.63, 3.8) is 0 Å². The summed E-state index contributed by atoms with van der Waals surface area (Å²) in [6, 6.07) is 13.0. The first-order chi connectivity index (χ1) is 14.1. The molecular formula is C25H27BrN2O. The number of aromatic nitrogens is 2. The molecular weight excluding hydrogens is 424 g/mol. The van der Waals surface area contributed by atoms with Crippen LogP contribution >= 0.6 is 15.9 Å². The number of hydrogen-bond acceptors (Lipinski definition) is 2. The number of nitrogens with zero attached hydrogens (tertiary/aromatic N) is 2. The maximum absolute atomic E-state index is 13.0. The van der Waals surface area contributed by atoms with Crippen LogP contribution in [0.4, 0.5) is 0 Å². The van der Waals surface area contributed by atoms with Gasteiger partial charge in [0.15, 0.2) is 0 Å². The fourth-order valence-electron chi connectivity index (χ4n) is 5.60. The Bertz CT molecular complexity index is 1160. The fourth-order valence-corrected chi connectivity index (χ4v) is 6.12. The van der Waals surface area contributed by atoms with Gasteiger partial charge in [0.1, 0.15) is 5.82 Å². The topological polar surface area (TPSA) is 34.9 Å². The summed E-state index contributed by atoms with van der Waals surface area (Å²) < 4.78 is 3.10. The van der Waals surface area contributed by atoms with E-state index in [4.69, 9.17) is 4.98 Å². The van der Waals surface area contributed by atoms with E-state index in [0.29, 0.717) is 11.3 Å². The summed E-state index contributed by atoms with van der Waals surface area (Å²) in [7, 11) is 0. The molecule has 1 aliphatic carbocycles. The van der Waals surface area contributed by atoms with E-state index in [2.05, 4.69) is 58.6 Å². The van der Waals surface area contributed by atoms with Crippen molar-refractivity contribution in [2.24, 2.45) is 0 Å². The highest BCUT2D eigenvalue weighted by Gasteiger charge is 2.46. The third-order valence-corrected chi connectivity index (χ3v) is 7.73. The monoisotopic (exact) mass is 450 g/mol. The molecule has 3 nitrogen and oxygen atoms in total. The average molecular weight is 451 g/mol. The second-order valence-electron chi connectivity index (χ2n) is 8.82. The van der Waals surface area contributed by atoms with Crippen molar-refractivity contribution in [2.75, 3.05) is 0 Å². The highest BCUT2D eigenvalue weighted by molar-refractivity contribution is 9.10. The molecule has 1 saturated carbocycles. The molecule has 150 valence electrons. The van der Waals surface area contributed by atoms with Crippen molar-refractivity contribution < 1.29 is 0 Å². The van der Waals surface area contributed by atoms with Crippen LogP contribution in [-0.2, 0) is 5.41 Å². The van der Waals surface area contributed by atoms with Gasteiger partial charge >= 0.3 is 0 Å². The first-order valence-electron chi connectivity index (χ1n) is 10.9. The number of hydrogen-bond donors (Lipinski definition) is 0. The van der Waals surface area contributed by atoms with Gasteiger partial charge in [0.2, 0.25) is 0 Å². The van der Waals surface area contributed by atoms with Gasteiger partial charge in [0.05, 0.1) is 22.0 Å². The van der Waals surface area contributed by atoms with Crippen molar-refractivity contribution in [2.45, 2.75) is 70.1 Å². The highest BCUT2D eigenvalue weighted by Crippen LogP contribution is 2.52. The van der Waals surface area contributed by atoms with Crippen molar-refractivity contribution in [3.8, 4) is 5.69 Å². The Balaban J connectivity index is 1.84. The third-order valence-electron chi connectivity index (χ3n) is 7.07. The Morgan fingerprint density at radius 1 is 1.17 bits per heavy atom. The molecule has 0 bridgehead atoms. The molecule has 0 N–H and O–H groups in total. The van der Waals surface area contributed by atoms with Crippen LogP contribution in [-0.4, -0.2) is 9.55 Å². The predicted molar refractivity (Wildman–Crippen MR) is 122 cm³/mol. The molecule has 1 spiro atoms. The van der Waals surface area contributed by atoms with Crippen LogP contribution in [0.1, 0.15) is 81.7 Å². The van der Waals surface area contributed by atoms with Crippen molar-refractivity contribution in [3.05, 3.63) is 68.2 Å². The molecule has 1 aliphatic heterocycles. The van der Waals surface area contributed by atoms with Crippen LogP contribution in [0, 0.1) is 0 Å². The van der Waals surface area contributed by atoms with E-state index in [-0.39, 0.29) is 11.0 Å². The van der Waals surface area contributed by atoms with E-state index in [1.165, 1.54) is 48.9 Å². The van der Waals surface area contributed by atoms with E-state index in [9.17, 15) is 4.79 Å². The third kappa shape index (κ3) is 2.75. The van der Waals surface area contributed by atoms with Gasteiger partial charge in [-0.05, 0) is 70.4 Å². The molecule has 0 radical (unpaired) electrons. The lowest BCUT2D eigenvalue weighted by atomic mass is 9.69. The first kappa shape index (κ1) is 19.0. The molecule has 0 amide bonds. The Hall–Kier alpha value is -1.94. The van der Waals surface area contributed by atoms with Crippen LogP contribution < -0.4 is 5.56 Å². The molecule has 0 saturated heterocycles. The number of rotatable bonds is 3.